The van der Waals surface area contributed by atoms with E-state index < -0.39 is 0 Å². The monoisotopic (exact) mass is 324 g/mol. The normalized spacial score (nSPS) is 12.5. The third kappa shape index (κ3) is 2.51. The number of methoxy groups -OCH3 is 1. The highest BCUT2D eigenvalue weighted by molar-refractivity contribution is 9.10. The third-order valence-corrected chi connectivity index (χ3v) is 4.23. The van der Waals surface area contributed by atoms with Gasteiger partial charge in [0.15, 0.2) is 5.75 Å². The summed E-state index contributed by atoms with van der Waals surface area (Å²) in [6.07, 6.45) is 1.68. The molecule has 1 aromatic heterocycles. The molecule has 102 valence electrons. The molecule has 1 heterocycles. The summed E-state index contributed by atoms with van der Waals surface area (Å²) in [4.78, 5) is 0. The van der Waals surface area contributed by atoms with Crippen molar-refractivity contribution < 1.29 is 4.74 Å². The number of aromatic nitrogens is 2. The minimum Gasteiger partial charge on any atom is -0.493 e. The number of halogens is 1. The molecule has 0 fully saturated rings. The minimum absolute atomic E-state index is 0.197. The molecule has 3 N–H and O–H groups in total. The molecule has 0 amide bonds. The Kier molecular flexibility index (Phi) is 4.24. The molecule has 19 heavy (non-hydrogen) atoms. The Morgan fingerprint density at radius 3 is 2.84 bits per heavy atom. The van der Waals surface area contributed by atoms with Gasteiger partial charge in [-0.1, -0.05) is 34.1 Å². The van der Waals surface area contributed by atoms with Crippen molar-refractivity contribution in [1.29, 1.82) is 0 Å². The van der Waals surface area contributed by atoms with E-state index in [1.165, 1.54) is 0 Å². The van der Waals surface area contributed by atoms with Gasteiger partial charge in [-0.05, 0) is 18.1 Å². The molecule has 1 atom stereocenters. The molecule has 0 saturated heterocycles. The molecule has 1 unspecified atom stereocenters. The van der Waals surface area contributed by atoms with Gasteiger partial charge < -0.3 is 4.74 Å². The highest BCUT2D eigenvalue weighted by Crippen LogP contribution is 2.34. The summed E-state index contributed by atoms with van der Waals surface area (Å²) in [6.45, 7) is 2.04. The molecule has 6 heteroatoms. The Balaban J connectivity index is 2.56. The predicted octanol–water partition coefficient (Wildman–Crippen LogP) is 2.05. The fourth-order valence-corrected chi connectivity index (χ4v) is 2.62. The maximum absolute atomic E-state index is 5.74. The second-order valence-electron chi connectivity index (χ2n) is 4.30. The largest absolute Gasteiger partial charge is 0.493 e. The highest BCUT2D eigenvalue weighted by atomic mass is 79.9. The molecule has 2 aromatic rings. The zero-order valence-corrected chi connectivity index (χ0v) is 12.7. The van der Waals surface area contributed by atoms with Crippen LogP contribution in [-0.4, -0.2) is 16.9 Å². The van der Waals surface area contributed by atoms with Gasteiger partial charge in [0.1, 0.15) is 5.69 Å². The van der Waals surface area contributed by atoms with Crippen molar-refractivity contribution in [2.24, 2.45) is 12.9 Å². The van der Waals surface area contributed by atoms with E-state index in [1.807, 2.05) is 32.2 Å². The Morgan fingerprint density at radius 2 is 2.21 bits per heavy atom. The summed E-state index contributed by atoms with van der Waals surface area (Å²) in [5, 5.41) is 4.21. The van der Waals surface area contributed by atoms with Crippen LogP contribution in [-0.2, 0) is 7.05 Å². The first-order chi connectivity index (χ1) is 9.10. The summed E-state index contributed by atoms with van der Waals surface area (Å²) in [7, 11) is 3.49. The second kappa shape index (κ2) is 5.73. The Labute approximate surface area is 120 Å². The number of ether oxygens (including phenoxy) is 1. The number of nitrogens with one attached hydrogen (secondary N) is 1. The average Bonchev–Trinajstić information content (AvgIpc) is 2.77. The Hall–Kier alpha value is -1.37. The van der Waals surface area contributed by atoms with Gasteiger partial charge in [0, 0.05) is 11.5 Å². The number of hydrogen-bond donors (Lipinski definition) is 2. The molecule has 5 nitrogen and oxygen atoms in total. The highest BCUT2D eigenvalue weighted by Gasteiger charge is 2.23. The van der Waals surface area contributed by atoms with Crippen LogP contribution in [0.1, 0.15) is 22.9 Å². The molecular weight excluding hydrogens is 308 g/mol. The summed E-state index contributed by atoms with van der Waals surface area (Å²) < 4.78 is 8.14. The quantitative estimate of drug-likeness (QED) is 0.667. The lowest BCUT2D eigenvalue weighted by Crippen LogP contribution is -2.31. The zero-order valence-electron chi connectivity index (χ0n) is 11.1. The molecule has 0 aliphatic rings. The van der Waals surface area contributed by atoms with Crippen LogP contribution < -0.4 is 16.0 Å². The Bertz CT molecular complexity index is 582. The SMILES string of the molecule is COc1cnn(C)c1C(NN)c1cccc(C)c1Br. The van der Waals surface area contributed by atoms with E-state index in [4.69, 9.17) is 10.6 Å². The fraction of sp³-hybridized carbons (Fsp3) is 0.308. The van der Waals surface area contributed by atoms with Crippen LogP contribution in [0.3, 0.4) is 0 Å². The van der Waals surface area contributed by atoms with E-state index in [9.17, 15) is 0 Å². The predicted molar refractivity (Wildman–Crippen MR) is 77.8 cm³/mol. The van der Waals surface area contributed by atoms with E-state index in [2.05, 4.69) is 26.5 Å². The van der Waals surface area contributed by atoms with Crippen molar-refractivity contribution in [1.82, 2.24) is 15.2 Å². The molecule has 0 bridgehead atoms. The lowest BCUT2D eigenvalue weighted by Gasteiger charge is -2.20. The number of benzene rings is 1. The molecule has 0 aliphatic heterocycles. The van der Waals surface area contributed by atoms with Crippen LogP contribution >= 0.6 is 15.9 Å². The third-order valence-electron chi connectivity index (χ3n) is 3.14. The van der Waals surface area contributed by atoms with Crippen molar-refractivity contribution in [2.75, 3.05) is 7.11 Å². The lowest BCUT2D eigenvalue weighted by atomic mass is 10.0. The van der Waals surface area contributed by atoms with Gasteiger partial charge in [-0.25, -0.2) is 5.43 Å². The zero-order chi connectivity index (χ0) is 14.0. The molecule has 0 radical (unpaired) electrons. The van der Waals surface area contributed by atoms with Crippen molar-refractivity contribution >= 4 is 15.9 Å². The van der Waals surface area contributed by atoms with Gasteiger partial charge in [0.2, 0.25) is 0 Å². The first kappa shape index (κ1) is 14.0. The molecular formula is C13H17BrN4O. The summed E-state index contributed by atoms with van der Waals surface area (Å²) in [5.74, 6) is 6.45. The summed E-state index contributed by atoms with van der Waals surface area (Å²) >= 11 is 3.61. The van der Waals surface area contributed by atoms with Crippen LogP contribution in [0.25, 0.3) is 0 Å². The minimum atomic E-state index is -0.197. The van der Waals surface area contributed by atoms with Crippen molar-refractivity contribution in [3.8, 4) is 5.75 Å². The van der Waals surface area contributed by atoms with Crippen molar-refractivity contribution in [3.63, 3.8) is 0 Å². The number of hydrazine groups is 1. The van der Waals surface area contributed by atoms with Gasteiger partial charge in [0.05, 0.1) is 19.3 Å². The van der Waals surface area contributed by atoms with E-state index in [0.717, 1.165) is 21.3 Å². The van der Waals surface area contributed by atoms with Gasteiger partial charge in [-0.2, -0.15) is 5.10 Å². The molecule has 0 aliphatic carbocycles. The van der Waals surface area contributed by atoms with Crippen molar-refractivity contribution in [2.45, 2.75) is 13.0 Å². The van der Waals surface area contributed by atoms with Crippen LogP contribution in [0.4, 0.5) is 0 Å². The first-order valence-electron chi connectivity index (χ1n) is 5.87. The summed E-state index contributed by atoms with van der Waals surface area (Å²) in [5.41, 5.74) is 5.92. The van der Waals surface area contributed by atoms with Gasteiger partial charge in [0.25, 0.3) is 0 Å². The van der Waals surface area contributed by atoms with Gasteiger partial charge >= 0.3 is 0 Å². The summed E-state index contributed by atoms with van der Waals surface area (Å²) in [6, 6.07) is 5.87. The number of nitrogens with two attached hydrogens (primary N) is 1. The molecule has 0 saturated carbocycles. The topological polar surface area (TPSA) is 65.1 Å². The van der Waals surface area contributed by atoms with E-state index in [1.54, 1.807) is 18.0 Å². The number of nitrogens with zero attached hydrogens (tertiary/aromatic N) is 2. The maximum Gasteiger partial charge on any atom is 0.161 e. The Morgan fingerprint density at radius 1 is 1.47 bits per heavy atom. The standard InChI is InChI=1S/C13H17BrN4O/c1-8-5-4-6-9(11(8)14)12(17-15)13-10(19-3)7-16-18(13)2/h4-7,12,17H,15H2,1-3H3. The molecule has 1 aromatic carbocycles. The van der Waals surface area contributed by atoms with Crippen LogP contribution in [0.5, 0.6) is 5.75 Å². The lowest BCUT2D eigenvalue weighted by molar-refractivity contribution is 0.401. The van der Waals surface area contributed by atoms with E-state index in [-0.39, 0.29) is 6.04 Å². The van der Waals surface area contributed by atoms with Crippen LogP contribution in [0, 0.1) is 6.92 Å². The molecule has 0 spiro atoms. The van der Waals surface area contributed by atoms with Crippen LogP contribution in [0.2, 0.25) is 0 Å². The van der Waals surface area contributed by atoms with Gasteiger partial charge in [-0.15, -0.1) is 0 Å². The number of aryl methyl sites for hydroxylation is 2. The first-order valence-corrected chi connectivity index (χ1v) is 6.66. The van der Waals surface area contributed by atoms with Crippen LogP contribution in [0.15, 0.2) is 28.9 Å². The number of rotatable bonds is 4. The van der Waals surface area contributed by atoms with Crippen molar-refractivity contribution in [3.05, 3.63) is 45.7 Å². The fourth-order valence-electron chi connectivity index (χ4n) is 2.12. The smallest absolute Gasteiger partial charge is 0.161 e. The maximum atomic E-state index is 5.74. The second-order valence-corrected chi connectivity index (χ2v) is 5.09. The molecule has 2 rings (SSSR count). The van der Waals surface area contributed by atoms with Gasteiger partial charge in [-0.3, -0.25) is 10.5 Å². The average molecular weight is 325 g/mol. The number of hydrogen-bond acceptors (Lipinski definition) is 4. The van der Waals surface area contributed by atoms with E-state index >= 15 is 0 Å². The van der Waals surface area contributed by atoms with E-state index in [0.29, 0.717) is 5.75 Å².